The molecule has 2 heterocycles. The van der Waals surface area contributed by atoms with E-state index < -0.39 is 5.60 Å². The van der Waals surface area contributed by atoms with Crippen molar-refractivity contribution in [1.82, 2.24) is 14.9 Å². The smallest absolute Gasteiger partial charge is 0.410 e. The minimum atomic E-state index is -0.517. The second-order valence-electron chi connectivity index (χ2n) is 6.33. The molecule has 7 heteroatoms. The summed E-state index contributed by atoms with van der Waals surface area (Å²) in [6, 6.07) is 0. The molecule has 1 aliphatic heterocycles. The van der Waals surface area contributed by atoms with E-state index in [1.54, 1.807) is 12.0 Å². The molecule has 1 aromatic rings. The number of amides is 1. The van der Waals surface area contributed by atoms with Gasteiger partial charge in [-0.05, 0) is 34.1 Å². The Morgan fingerprint density at radius 2 is 2.05 bits per heavy atom. The average molecular weight is 328 g/mol. The van der Waals surface area contributed by atoms with Crippen molar-refractivity contribution in [3.63, 3.8) is 0 Å². The fraction of sp³-hybridized carbons (Fsp3) is 0.667. The van der Waals surface area contributed by atoms with Gasteiger partial charge < -0.3 is 14.4 Å². The molecule has 1 atom stereocenters. The zero-order valence-electron chi connectivity index (χ0n) is 13.6. The molecule has 1 amide bonds. The Morgan fingerprint density at radius 1 is 1.36 bits per heavy atom. The maximum absolute atomic E-state index is 12.2. The van der Waals surface area contributed by atoms with Crippen LogP contribution in [-0.2, 0) is 22.4 Å². The van der Waals surface area contributed by atoms with Gasteiger partial charge in [0.05, 0.1) is 12.2 Å². The maximum atomic E-state index is 12.2. The Hall–Kier alpha value is -1.40. The number of aromatic nitrogens is 2. The molecule has 1 unspecified atom stereocenters. The fourth-order valence-corrected chi connectivity index (χ4v) is 2.46. The number of hydrogen-bond donors (Lipinski definition) is 0. The van der Waals surface area contributed by atoms with Crippen molar-refractivity contribution in [1.29, 1.82) is 0 Å². The minimum absolute atomic E-state index is 0.250. The molecule has 0 N–H and O–H groups in total. The zero-order valence-corrected chi connectivity index (χ0v) is 14.4. The molecular weight excluding hydrogens is 306 g/mol. The molecule has 22 heavy (non-hydrogen) atoms. The highest BCUT2D eigenvalue weighted by atomic mass is 35.5. The maximum Gasteiger partial charge on any atom is 0.410 e. The minimum Gasteiger partial charge on any atom is -0.444 e. The number of hydrogen-bond acceptors (Lipinski definition) is 5. The number of carbonyl (C=O) groups excluding carboxylic acids is 1. The summed E-state index contributed by atoms with van der Waals surface area (Å²) in [6.45, 7) is 8.31. The highest BCUT2D eigenvalue weighted by molar-refractivity contribution is 6.30. The van der Waals surface area contributed by atoms with Crippen LogP contribution in [0.15, 0.2) is 0 Å². The van der Waals surface area contributed by atoms with Crippen LogP contribution in [0.4, 0.5) is 4.79 Å². The van der Waals surface area contributed by atoms with Gasteiger partial charge in [-0.15, -0.1) is 0 Å². The van der Waals surface area contributed by atoms with Crippen molar-refractivity contribution in [2.24, 2.45) is 0 Å². The summed E-state index contributed by atoms with van der Waals surface area (Å²) in [6.07, 6.45) is 0.0311. The summed E-state index contributed by atoms with van der Waals surface area (Å²) in [4.78, 5) is 22.6. The van der Waals surface area contributed by atoms with Crippen molar-refractivity contribution >= 4 is 17.7 Å². The predicted octanol–water partition coefficient (Wildman–Crippen LogP) is 3.13. The lowest BCUT2D eigenvalue weighted by Crippen LogP contribution is -2.40. The van der Waals surface area contributed by atoms with Crippen LogP contribution in [0.1, 0.15) is 50.9 Å². The first-order valence-corrected chi connectivity index (χ1v) is 7.65. The van der Waals surface area contributed by atoms with Crippen LogP contribution < -0.4 is 0 Å². The van der Waals surface area contributed by atoms with Crippen molar-refractivity contribution < 1.29 is 14.3 Å². The number of ether oxygens (including phenoxy) is 2. The molecule has 0 aliphatic carbocycles. The van der Waals surface area contributed by atoms with Crippen molar-refractivity contribution in [3.05, 3.63) is 22.2 Å². The summed E-state index contributed by atoms with van der Waals surface area (Å²) in [5.41, 5.74) is 1.14. The molecule has 0 bridgehead atoms. The van der Waals surface area contributed by atoms with Crippen LogP contribution in [0.2, 0.25) is 5.15 Å². The largest absolute Gasteiger partial charge is 0.444 e. The first kappa shape index (κ1) is 17.0. The monoisotopic (exact) mass is 327 g/mol. The van der Waals surface area contributed by atoms with E-state index >= 15 is 0 Å². The summed E-state index contributed by atoms with van der Waals surface area (Å²) >= 11 is 6.24. The van der Waals surface area contributed by atoms with Gasteiger partial charge in [0.15, 0.2) is 5.82 Å². The van der Waals surface area contributed by atoms with E-state index in [9.17, 15) is 4.79 Å². The van der Waals surface area contributed by atoms with E-state index in [1.807, 2.05) is 27.7 Å². The van der Waals surface area contributed by atoms with E-state index in [4.69, 9.17) is 21.1 Å². The number of methoxy groups -OCH3 is 1. The number of rotatable bonds is 2. The van der Waals surface area contributed by atoms with Crippen molar-refractivity contribution in [2.75, 3.05) is 13.7 Å². The van der Waals surface area contributed by atoms with Gasteiger partial charge in [-0.1, -0.05) is 11.6 Å². The van der Waals surface area contributed by atoms with E-state index in [0.717, 1.165) is 11.3 Å². The second-order valence-corrected chi connectivity index (χ2v) is 6.69. The molecule has 0 saturated carbocycles. The van der Waals surface area contributed by atoms with Crippen LogP contribution in [0, 0.1) is 0 Å². The van der Waals surface area contributed by atoms with Crippen LogP contribution in [0.25, 0.3) is 0 Å². The van der Waals surface area contributed by atoms with Crippen LogP contribution in [0.5, 0.6) is 0 Å². The summed E-state index contributed by atoms with van der Waals surface area (Å²) in [5, 5.41) is 0.438. The van der Waals surface area contributed by atoms with Gasteiger partial charge in [-0.3, -0.25) is 0 Å². The molecule has 0 fully saturated rings. The lowest BCUT2D eigenvalue weighted by atomic mass is 10.1. The van der Waals surface area contributed by atoms with Crippen molar-refractivity contribution in [2.45, 2.75) is 52.4 Å². The highest BCUT2D eigenvalue weighted by Gasteiger charge is 2.28. The van der Waals surface area contributed by atoms with E-state index in [1.165, 1.54) is 0 Å². The Kier molecular flexibility index (Phi) is 4.92. The van der Waals surface area contributed by atoms with E-state index in [-0.39, 0.29) is 12.2 Å². The number of halogens is 1. The third-order valence-corrected chi connectivity index (χ3v) is 3.71. The third-order valence-electron chi connectivity index (χ3n) is 3.40. The molecule has 2 rings (SSSR count). The Bertz CT molecular complexity index is 572. The zero-order chi connectivity index (χ0) is 16.5. The number of carbonyl (C=O) groups is 1. The second kappa shape index (κ2) is 6.38. The summed E-state index contributed by atoms with van der Waals surface area (Å²) in [5.74, 6) is 0.525. The van der Waals surface area contributed by atoms with Gasteiger partial charge in [0.2, 0.25) is 0 Å². The Labute approximate surface area is 135 Å². The SMILES string of the molecule is COC(C)c1nc(Cl)c2c(n1)CN(C(=O)OC(C)(C)C)CC2. The first-order valence-electron chi connectivity index (χ1n) is 7.27. The van der Waals surface area contributed by atoms with Crippen molar-refractivity contribution in [3.8, 4) is 0 Å². The summed E-state index contributed by atoms with van der Waals surface area (Å²) < 4.78 is 10.6. The number of fused-ring (bicyclic) bond motifs is 1. The van der Waals surface area contributed by atoms with E-state index in [2.05, 4.69) is 9.97 Å². The first-order chi connectivity index (χ1) is 10.2. The molecule has 6 nitrogen and oxygen atoms in total. The molecule has 1 aliphatic rings. The molecule has 1 aromatic heterocycles. The fourth-order valence-electron chi connectivity index (χ4n) is 2.17. The van der Waals surface area contributed by atoms with Gasteiger partial charge >= 0.3 is 6.09 Å². The Balaban J connectivity index is 2.22. The van der Waals surface area contributed by atoms with Crippen LogP contribution in [-0.4, -0.2) is 40.2 Å². The summed E-state index contributed by atoms with van der Waals surface area (Å²) in [7, 11) is 1.59. The average Bonchev–Trinajstić information content (AvgIpc) is 2.43. The normalized spacial score (nSPS) is 16.2. The quantitative estimate of drug-likeness (QED) is 0.781. The molecular formula is C15H22ClN3O3. The Morgan fingerprint density at radius 3 is 2.64 bits per heavy atom. The molecule has 0 aromatic carbocycles. The molecule has 122 valence electrons. The van der Waals surface area contributed by atoms with E-state index in [0.29, 0.717) is 30.5 Å². The molecule has 0 spiro atoms. The third kappa shape index (κ3) is 3.87. The highest BCUT2D eigenvalue weighted by Crippen LogP contribution is 2.26. The van der Waals surface area contributed by atoms with Gasteiger partial charge in [-0.25, -0.2) is 14.8 Å². The van der Waals surface area contributed by atoms with Gasteiger partial charge in [0.1, 0.15) is 16.9 Å². The predicted molar refractivity (Wildman–Crippen MR) is 82.8 cm³/mol. The topological polar surface area (TPSA) is 64.6 Å². The molecule has 0 saturated heterocycles. The lowest BCUT2D eigenvalue weighted by molar-refractivity contribution is 0.0220. The standard InChI is InChI=1S/C15H22ClN3O3/c1-9(21-5)13-17-11-8-19(14(20)22-15(2,3)4)7-6-10(11)12(16)18-13/h9H,6-8H2,1-5H3. The van der Waals surface area contributed by atoms with Gasteiger partial charge in [-0.2, -0.15) is 0 Å². The van der Waals surface area contributed by atoms with Crippen LogP contribution in [0.3, 0.4) is 0 Å². The lowest BCUT2D eigenvalue weighted by Gasteiger charge is -2.31. The van der Waals surface area contributed by atoms with Gasteiger partial charge in [0, 0.05) is 19.2 Å². The number of nitrogens with zero attached hydrogens (tertiary/aromatic N) is 3. The molecule has 0 radical (unpaired) electrons. The van der Waals surface area contributed by atoms with Crippen LogP contribution >= 0.6 is 11.6 Å². The van der Waals surface area contributed by atoms with Gasteiger partial charge in [0.25, 0.3) is 0 Å².